The molecule has 2 aromatic carbocycles. The number of hydrogen-bond acceptors (Lipinski definition) is 5. The minimum Gasteiger partial charge on any atom is -0.350 e. The lowest BCUT2D eigenvalue weighted by molar-refractivity contribution is 0.0943. The Kier molecular flexibility index (Phi) is 6.79. The molecule has 0 fully saturated rings. The Bertz CT molecular complexity index is 1430. The van der Waals surface area contributed by atoms with Crippen molar-refractivity contribution in [1.82, 2.24) is 24.5 Å². The third-order valence-electron chi connectivity index (χ3n) is 5.66. The molecule has 0 radical (unpaired) electrons. The molecule has 4 rings (SSSR count). The molecule has 0 aliphatic rings. The van der Waals surface area contributed by atoms with Gasteiger partial charge in [0.1, 0.15) is 0 Å². The number of aryl methyl sites for hydroxylation is 2. The predicted molar refractivity (Wildman–Crippen MR) is 138 cm³/mol. The highest BCUT2D eigenvalue weighted by Crippen LogP contribution is 2.27. The molecule has 0 aliphatic carbocycles. The minimum atomic E-state index is -0.172. The van der Waals surface area contributed by atoms with Crippen LogP contribution in [0, 0.1) is 19.8 Å². The standard InChI is InChI=1S/C26H31N5O2S/c1-15(2)13-30-24(33)21-10-9-19(23(32)27-16(3)4)12-22(21)31-25(30)28-29-26(31)34-14-20-11-17(5)7-8-18(20)6/h7-12,15-16H,13-14H2,1-6H3,(H,27,32). The fourth-order valence-corrected chi connectivity index (χ4v) is 4.99. The number of fused-ring (bicyclic) bond motifs is 3. The van der Waals surface area contributed by atoms with Crippen molar-refractivity contribution in [2.75, 3.05) is 0 Å². The van der Waals surface area contributed by atoms with Crippen molar-refractivity contribution in [3.63, 3.8) is 0 Å². The molecule has 0 unspecified atom stereocenters. The average molecular weight is 478 g/mol. The molecular weight excluding hydrogens is 446 g/mol. The fourth-order valence-electron chi connectivity index (χ4n) is 3.99. The number of aromatic nitrogens is 4. The predicted octanol–water partition coefficient (Wildman–Crippen LogP) is 4.75. The summed E-state index contributed by atoms with van der Waals surface area (Å²) >= 11 is 1.58. The summed E-state index contributed by atoms with van der Waals surface area (Å²) in [4.78, 5) is 26.1. The molecule has 0 saturated carbocycles. The molecule has 0 spiro atoms. The summed E-state index contributed by atoms with van der Waals surface area (Å²) in [6.45, 7) is 12.7. The highest BCUT2D eigenvalue weighted by atomic mass is 32.2. The number of nitrogens with one attached hydrogen (secondary N) is 1. The molecule has 0 bridgehead atoms. The highest BCUT2D eigenvalue weighted by Gasteiger charge is 2.19. The molecule has 2 heterocycles. The molecule has 178 valence electrons. The smallest absolute Gasteiger partial charge is 0.262 e. The second-order valence-electron chi connectivity index (χ2n) is 9.51. The lowest BCUT2D eigenvalue weighted by Gasteiger charge is -2.14. The molecule has 1 N–H and O–H groups in total. The molecule has 8 heteroatoms. The summed E-state index contributed by atoms with van der Waals surface area (Å²) in [6, 6.07) is 11.7. The largest absolute Gasteiger partial charge is 0.350 e. The molecule has 7 nitrogen and oxygen atoms in total. The maximum absolute atomic E-state index is 13.4. The molecule has 4 aromatic rings. The zero-order valence-electron chi connectivity index (χ0n) is 20.5. The van der Waals surface area contributed by atoms with E-state index in [2.05, 4.69) is 61.4 Å². The zero-order valence-corrected chi connectivity index (χ0v) is 21.4. The van der Waals surface area contributed by atoms with Gasteiger partial charge in [0, 0.05) is 23.9 Å². The van der Waals surface area contributed by atoms with E-state index in [1.807, 2.05) is 18.2 Å². The Morgan fingerprint density at radius 3 is 2.53 bits per heavy atom. The fraction of sp³-hybridized carbons (Fsp3) is 0.385. The summed E-state index contributed by atoms with van der Waals surface area (Å²) in [6.07, 6.45) is 0. The number of rotatable bonds is 7. The topological polar surface area (TPSA) is 81.3 Å². The maximum atomic E-state index is 13.4. The van der Waals surface area contributed by atoms with Gasteiger partial charge in [0.25, 0.3) is 11.5 Å². The number of nitrogens with zero attached hydrogens (tertiary/aromatic N) is 4. The van der Waals surface area contributed by atoms with Crippen LogP contribution in [0.4, 0.5) is 0 Å². The second-order valence-corrected chi connectivity index (χ2v) is 10.4. The van der Waals surface area contributed by atoms with Gasteiger partial charge in [0.2, 0.25) is 5.78 Å². The first-order valence-corrected chi connectivity index (χ1v) is 12.6. The quantitative estimate of drug-likeness (QED) is 0.389. The van der Waals surface area contributed by atoms with Crippen LogP contribution in [0.5, 0.6) is 0 Å². The van der Waals surface area contributed by atoms with E-state index < -0.39 is 0 Å². The second kappa shape index (κ2) is 9.62. The third-order valence-corrected chi connectivity index (χ3v) is 6.64. The molecule has 1 amide bonds. The van der Waals surface area contributed by atoms with Crippen molar-refractivity contribution < 1.29 is 4.79 Å². The van der Waals surface area contributed by atoms with Gasteiger partial charge in [-0.25, -0.2) is 0 Å². The van der Waals surface area contributed by atoms with E-state index in [4.69, 9.17) is 0 Å². The molecule has 2 aromatic heterocycles. The third kappa shape index (κ3) is 4.73. The van der Waals surface area contributed by atoms with E-state index in [-0.39, 0.29) is 23.4 Å². The number of carbonyl (C=O) groups excluding carboxylic acids is 1. The highest BCUT2D eigenvalue weighted by molar-refractivity contribution is 7.98. The van der Waals surface area contributed by atoms with E-state index in [1.54, 1.807) is 34.5 Å². The molecule has 0 atom stereocenters. The summed E-state index contributed by atoms with van der Waals surface area (Å²) in [5.41, 5.74) is 4.70. The number of thioether (sulfide) groups is 1. The SMILES string of the molecule is Cc1ccc(C)c(CSc2nnc3n(CC(C)C)c(=O)c4ccc(C(=O)NC(C)C)cc4n23)c1. The van der Waals surface area contributed by atoms with Crippen LogP contribution < -0.4 is 10.9 Å². The van der Waals surface area contributed by atoms with E-state index in [1.165, 1.54) is 16.7 Å². The van der Waals surface area contributed by atoms with Crippen molar-refractivity contribution in [2.45, 2.75) is 65.0 Å². The summed E-state index contributed by atoms with van der Waals surface area (Å²) in [5.74, 6) is 1.31. The van der Waals surface area contributed by atoms with Gasteiger partial charge in [0.05, 0.1) is 10.9 Å². The molecular formula is C26H31N5O2S. The normalized spacial score (nSPS) is 11.8. The Morgan fingerprint density at radius 1 is 1.06 bits per heavy atom. The Hall–Kier alpha value is -3.13. The van der Waals surface area contributed by atoms with Crippen LogP contribution in [-0.2, 0) is 12.3 Å². The van der Waals surface area contributed by atoms with Crippen LogP contribution in [0.1, 0.15) is 54.7 Å². The van der Waals surface area contributed by atoms with E-state index in [0.717, 1.165) is 5.75 Å². The van der Waals surface area contributed by atoms with E-state index in [9.17, 15) is 9.59 Å². The monoisotopic (exact) mass is 477 g/mol. The lowest BCUT2D eigenvalue weighted by atomic mass is 10.1. The number of benzene rings is 2. The van der Waals surface area contributed by atoms with Gasteiger partial charge in [-0.3, -0.25) is 18.6 Å². The molecule has 34 heavy (non-hydrogen) atoms. The van der Waals surface area contributed by atoms with Gasteiger partial charge in [-0.1, -0.05) is 49.4 Å². The van der Waals surface area contributed by atoms with Crippen LogP contribution in [0.25, 0.3) is 16.7 Å². The van der Waals surface area contributed by atoms with Crippen molar-refractivity contribution in [3.8, 4) is 0 Å². The molecule has 0 saturated heterocycles. The number of amides is 1. The van der Waals surface area contributed by atoms with Crippen LogP contribution >= 0.6 is 11.8 Å². The van der Waals surface area contributed by atoms with Crippen LogP contribution in [0.15, 0.2) is 46.3 Å². The van der Waals surface area contributed by atoms with Crippen molar-refractivity contribution in [3.05, 3.63) is 69.0 Å². The average Bonchev–Trinajstić information content (AvgIpc) is 3.20. The van der Waals surface area contributed by atoms with E-state index in [0.29, 0.717) is 33.9 Å². The van der Waals surface area contributed by atoms with E-state index >= 15 is 0 Å². The van der Waals surface area contributed by atoms with Crippen LogP contribution in [0.3, 0.4) is 0 Å². The van der Waals surface area contributed by atoms with Crippen LogP contribution in [0.2, 0.25) is 0 Å². The summed E-state index contributed by atoms with van der Waals surface area (Å²) in [7, 11) is 0. The number of carbonyl (C=O) groups is 1. The Morgan fingerprint density at radius 2 is 1.82 bits per heavy atom. The minimum absolute atomic E-state index is 0.0147. The van der Waals surface area contributed by atoms with Crippen LogP contribution in [-0.4, -0.2) is 31.1 Å². The van der Waals surface area contributed by atoms with Gasteiger partial charge >= 0.3 is 0 Å². The summed E-state index contributed by atoms with van der Waals surface area (Å²) < 4.78 is 3.61. The number of hydrogen-bond donors (Lipinski definition) is 1. The van der Waals surface area contributed by atoms with Crippen molar-refractivity contribution >= 4 is 34.3 Å². The first-order valence-electron chi connectivity index (χ1n) is 11.6. The molecule has 0 aliphatic heterocycles. The first-order chi connectivity index (χ1) is 16.2. The van der Waals surface area contributed by atoms with Crippen molar-refractivity contribution in [1.29, 1.82) is 0 Å². The summed E-state index contributed by atoms with van der Waals surface area (Å²) in [5, 5.41) is 13.0. The van der Waals surface area contributed by atoms with Gasteiger partial charge in [-0.2, -0.15) is 0 Å². The van der Waals surface area contributed by atoms with Gasteiger partial charge < -0.3 is 5.32 Å². The van der Waals surface area contributed by atoms with Crippen molar-refractivity contribution in [2.24, 2.45) is 5.92 Å². The first kappa shape index (κ1) is 24.0. The van der Waals surface area contributed by atoms with Gasteiger partial charge in [-0.05, 0) is 62.9 Å². The van der Waals surface area contributed by atoms with Gasteiger partial charge in [0.15, 0.2) is 5.16 Å². The Balaban J connectivity index is 1.88. The Labute approximate surface area is 203 Å². The maximum Gasteiger partial charge on any atom is 0.262 e. The van der Waals surface area contributed by atoms with Gasteiger partial charge in [-0.15, -0.1) is 10.2 Å². The lowest BCUT2D eigenvalue weighted by Crippen LogP contribution is -2.30. The zero-order chi connectivity index (χ0) is 24.6.